The summed E-state index contributed by atoms with van der Waals surface area (Å²) in [7, 11) is 0. The number of aromatic nitrogens is 2. The fraction of sp³-hybridized carbons (Fsp3) is 0.400. The number of rotatable bonds is 5. The molecular formula is C20H20F3N3O2. The Morgan fingerprint density at radius 2 is 2.00 bits per heavy atom. The van der Waals surface area contributed by atoms with E-state index in [1.165, 1.54) is 10.6 Å². The lowest BCUT2D eigenvalue weighted by Gasteiger charge is -2.24. The van der Waals surface area contributed by atoms with E-state index < -0.39 is 17.5 Å². The van der Waals surface area contributed by atoms with Crippen molar-refractivity contribution < 1.29 is 17.6 Å². The average Bonchev–Trinajstić information content (AvgIpc) is 3.25. The molecule has 3 aromatic rings. The van der Waals surface area contributed by atoms with E-state index in [4.69, 9.17) is 4.42 Å². The Hall–Kier alpha value is -2.61. The van der Waals surface area contributed by atoms with Gasteiger partial charge in [-0.15, -0.1) is 0 Å². The van der Waals surface area contributed by atoms with Gasteiger partial charge >= 0.3 is 11.9 Å². The van der Waals surface area contributed by atoms with E-state index in [-0.39, 0.29) is 12.0 Å². The first-order valence-electron chi connectivity index (χ1n) is 9.29. The second kappa shape index (κ2) is 7.43. The van der Waals surface area contributed by atoms with Crippen LogP contribution < -0.4 is 11.1 Å². The summed E-state index contributed by atoms with van der Waals surface area (Å²) in [4.78, 5) is 16.2. The van der Waals surface area contributed by atoms with Crippen molar-refractivity contribution >= 4 is 11.2 Å². The largest absolute Gasteiger partial charge is 0.421 e. The van der Waals surface area contributed by atoms with Crippen LogP contribution in [0, 0.1) is 0 Å². The number of hydrogen-bond acceptors (Lipinski definition) is 4. The zero-order valence-corrected chi connectivity index (χ0v) is 15.1. The number of oxazole rings is 1. The van der Waals surface area contributed by atoms with Crippen LogP contribution in [0.4, 0.5) is 13.2 Å². The molecule has 2 atom stereocenters. The van der Waals surface area contributed by atoms with E-state index in [2.05, 4.69) is 10.3 Å². The van der Waals surface area contributed by atoms with Crippen LogP contribution in [0.25, 0.3) is 11.2 Å². The molecule has 0 unspecified atom stereocenters. The number of alkyl halides is 3. The van der Waals surface area contributed by atoms with Gasteiger partial charge in [-0.3, -0.25) is 4.57 Å². The highest BCUT2D eigenvalue weighted by atomic mass is 19.4. The zero-order chi connectivity index (χ0) is 19.7. The first-order chi connectivity index (χ1) is 13.4. The molecule has 2 heterocycles. The minimum absolute atomic E-state index is 0.0645. The van der Waals surface area contributed by atoms with Gasteiger partial charge in [-0.1, -0.05) is 24.6 Å². The summed E-state index contributed by atoms with van der Waals surface area (Å²) >= 11 is 0. The summed E-state index contributed by atoms with van der Waals surface area (Å²) in [5, 5.41) is 3.34. The second-order valence-electron chi connectivity index (χ2n) is 7.03. The summed E-state index contributed by atoms with van der Waals surface area (Å²) in [5.41, 5.74) is 0.678. The van der Waals surface area contributed by atoms with Gasteiger partial charge in [0, 0.05) is 25.3 Å². The standard InChI is InChI=1S/C20H20F3N3O2/c21-20(22,23)15-7-2-1-5-13(15)14-6-3-8-16(14)24-11-12-26-18-17(28-19(26)27)9-4-10-25-18/h1-2,4-5,7,9-10,14,16,24H,3,6,8,11-12H2/t14-,16-/m1/s1. The van der Waals surface area contributed by atoms with Crippen LogP contribution in [0.3, 0.4) is 0 Å². The third-order valence-electron chi connectivity index (χ3n) is 5.35. The molecule has 0 spiro atoms. The fourth-order valence-electron chi connectivity index (χ4n) is 4.11. The van der Waals surface area contributed by atoms with Crippen molar-refractivity contribution in [1.82, 2.24) is 14.9 Å². The lowest BCUT2D eigenvalue weighted by Crippen LogP contribution is -2.35. The van der Waals surface area contributed by atoms with Crippen molar-refractivity contribution in [3.8, 4) is 0 Å². The normalized spacial score (nSPS) is 20.1. The SMILES string of the molecule is O=c1oc2cccnc2n1CCN[C@@H]1CCC[C@@H]1c1ccccc1C(F)(F)F. The third-order valence-corrected chi connectivity index (χ3v) is 5.35. The van der Waals surface area contributed by atoms with Gasteiger partial charge in [-0.05, 0) is 42.5 Å². The van der Waals surface area contributed by atoms with Crippen LogP contribution in [0.1, 0.15) is 36.3 Å². The van der Waals surface area contributed by atoms with Gasteiger partial charge in [-0.2, -0.15) is 13.2 Å². The summed E-state index contributed by atoms with van der Waals surface area (Å²) in [6.45, 7) is 0.785. The summed E-state index contributed by atoms with van der Waals surface area (Å²) in [6.07, 6.45) is -0.400. The number of fused-ring (bicyclic) bond motifs is 1. The van der Waals surface area contributed by atoms with E-state index in [0.717, 1.165) is 18.9 Å². The van der Waals surface area contributed by atoms with Crippen molar-refractivity contribution in [2.24, 2.45) is 0 Å². The Labute approximate surface area is 159 Å². The molecule has 8 heteroatoms. The van der Waals surface area contributed by atoms with E-state index >= 15 is 0 Å². The van der Waals surface area contributed by atoms with Gasteiger partial charge in [0.2, 0.25) is 0 Å². The zero-order valence-electron chi connectivity index (χ0n) is 15.1. The highest BCUT2D eigenvalue weighted by molar-refractivity contribution is 5.67. The van der Waals surface area contributed by atoms with E-state index in [1.807, 2.05) is 0 Å². The molecule has 28 heavy (non-hydrogen) atoms. The molecule has 5 nitrogen and oxygen atoms in total. The maximum absolute atomic E-state index is 13.4. The molecule has 1 aromatic carbocycles. The fourth-order valence-corrected chi connectivity index (χ4v) is 4.11. The van der Waals surface area contributed by atoms with Crippen molar-refractivity contribution in [2.75, 3.05) is 6.54 Å². The van der Waals surface area contributed by atoms with Crippen LogP contribution in [-0.4, -0.2) is 22.1 Å². The predicted molar refractivity (Wildman–Crippen MR) is 98.1 cm³/mol. The minimum Gasteiger partial charge on any atom is -0.406 e. The van der Waals surface area contributed by atoms with Crippen molar-refractivity contribution in [3.63, 3.8) is 0 Å². The topological polar surface area (TPSA) is 60.1 Å². The number of pyridine rings is 1. The van der Waals surface area contributed by atoms with Gasteiger partial charge in [0.25, 0.3) is 0 Å². The Morgan fingerprint density at radius 1 is 1.18 bits per heavy atom. The van der Waals surface area contributed by atoms with Gasteiger partial charge < -0.3 is 9.73 Å². The molecule has 1 aliphatic carbocycles. The van der Waals surface area contributed by atoms with Crippen molar-refractivity contribution in [2.45, 2.75) is 43.9 Å². The molecule has 2 aromatic heterocycles. The lowest BCUT2D eigenvalue weighted by molar-refractivity contribution is -0.138. The van der Waals surface area contributed by atoms with Crippen molar-refractivity contribution in [1.29, 1.82) is 0 Å². The summed E-state index contributed by atoms with van der Waals surface area (Å²) in [6, 6.07) is 9.10. The third kappa shape index (κ3) is 3.56. The monoisotopic (exact) mass is 391 g/mol. The highest BCUT2D eigenvalue weighted by Crippen LogP contribution is 2.41. The van der Waals surface area contributed by atoms with Gasteiger partial charge in [-0.25, -0.2) is 9.78 Å². The quantitative estimate of drug-likeness (QED) is 0.716. The second-order valence-corrected chi connectivity index (χ2v) is 7.03. The molecule has 0 radical (unpaired) electrons. The lowest BCUT2D eigenvalue weighted by atomic mass is 9.90. The Bertz CT molecular complexity index is 1030. The molecule has 148 valence electrons. The predicted octanol–water partition coefficient (Wildman–Crippen LogP) is 3.93. The summed E-state index contributed by atoms with van der Waals surface area (Å²) in [5.74, 6) is -0.686. The first kappa shape index (κ1) is 18.7. The highest BCUT2D eigenvalue weighted by Gasteiger charge is 2.38. The van der Waals surface area contributed by atoms with Gasteiger partial charge in [0.05, 0.1) is 5.56 Å². The van der Waals surface area contributed by atoms with Crippen molar-refractivity contribution in [3.05, 3.63) is 64.3 Å². The van der Waals surface area contributed by atoms with Crippen LogP contribution in [0.15, 0.2) is 51.8 Å². The summed E-state index contributed by atoms with van der Waals surface area (Å²) < 4.78 is 46.7. The number of nitrogens with one attached hydrogen (secondary N) is 1. The van der Waals surface area contributed by atoms with E-state index in [1.54, 1.807) is 30.5 Å². The molecule has 0 aliphatic heterocycles. The average molecular weight is 391 g/mol. The van der Waals surface area contributed by atoms with Crippen LogP contribution in [0.5, 0.6) is 0 Å². The van der Waals surface area contributed by atoms with Crippen LogP contribution in [-0.2, 0) is 12.7 Å². The Kier molecular flexibility index (Phi) is 4.97. The Balaban J connectivity index is 1.48. The molecule has 1 N–H and O–H groups in total. The molecule has 0 bridgehead atoms. The number of hydrogen-bond donors (Lipinski definition) is 1. The molecular weight excluding hydrogens is 371 g/mol. The molecule has 1 fully saturated rings. The maximum atomic E-state index is 13.4. The van der Waals surface area contributed by atoms with E-state index in [0.29, 0.717) is 36.3 Å². The van der Waals surface area contributed by atoms with Crippen LogP contribution >= 0.6 is 0 Å². The number of nitrogens with zero attached hydrogens (tertiary/aromatic N) is 2. The number of benzene rings is 1. The molecule has 1 aliphatic rings. The Morgan fingerprint density at radius 3 is 2.82 bits per heavy atom. The maximum Gasteiger partial charge on any atom is 0.421 e. The van der Waals surface area contributed by atoms with Gasteiger partial charge in [0.1, 0.15) is 0 Å². The van der Waals surface area contributed by atoms with E-state index in [9.17, 15) is 18.0 Å². The first-order valence-corrected chi connectivity index (χ1v) is 9.29. The van der Waals surface area contributed by atoms with Crippen LogP contribution in [0.2, 0.25) is 0 Å². The molecule has 0 amide bonds. The molecule has 0 saturated heterocycles. The smallest absolute Gasteiger partial charge is 0.406 e. The molecule has 1 saturated carbocycles. The minimum atomic E-state index is -4.36. The van der Waals surface area contributed by atoms with Gasteiger partial charge in [0.15, 0.2) is 11.2 Å². The molecule has 4 rings (SSSR count). The number of halogens is 3.